The number of carbonyl (C=O) groups excluding carboxylic acids is 1. The second-order valence-corrected chi connectivity index (χ2v) is 8.59. The average Bonchev–Trinajstić information content (AvgIpc) is 2.98. The Morgan fingerprint density at radius 3 is 2.50 bits per heavy atom. The van der Waals surface area contributed by atoms with Crippen LogP contribution in [-0.4, -0.2) is 66.8 Å². The molecule has 5 heteroatoms. The van der Waals surface area contributed by atoms with E-state index in [4.69, 9.17) is 4.74 Å². The molecule has 5 nitrogen and oxygen atoms in total. The third-order valence-electron chi connectivity index (χ3n) is 4.90. The highest BCUT2D eigenvalue weighted by Gasteiger charge is 2.30. The average molecular weight is 340 g/mol. The topological polar surface area (TPSA) is 44.8 Å². The van der Waals surface area contributed by atoms with Gasteiger partial charge in [-0.15, -0.1) is 0 Å². The van der Waals surface area contributed by atoms with Crippen LogP contribution >= 0.6 is 0 Å². The molecule has 0 radical (unpaired) electrons. The summed E-state index contributed by atoms with van der Waals surface area (Å²) >= 11 is 0. The standard InChI is InChI=1S/C19H37N3O2/c1-16(15-21-10-7-8-11-21)13-20-14-17-9-5-6-12-22(17)18(23)24-19(2,3)4/h16-17,20H,5-15H2,1-4H3. The number of likely N-dealkylation sites (tertiary alicyclic amines) is 2. The van der Waals surface area contributed by atoms with E-state index in [2.05, 4.69) is 17.1 Å². The Balaban J connectivity index is 1.73. The summed E-state index contributed by atoms with van der Waals surface area (Å²) in [6.45, 7) is 14.6. The van der Waals surface area contributed by atoms with E-state index in [1.54, 1.807) is 0 Å². The van der Waals surface area contributed by atoms with Crippen LogP contribution in [-0.2, 0) is 4.74 Å². The number of hydrogen-bond acceptors (Lipinski definition) is 4. The third kappa shape index (κ3) is 6.60. The van der Waals surface area contributed by atoms with Crippen molar-refractivity contribution < 1.29 is 9.53 Å². The van der Waals surface area contributed by atoms with E-state index in [0.717, 1.165) is 32.5 Å². The molecular formula is C19H37N3O2. The first-order chi connectivity index (χ1) is 11.3. The van der Waals surface area contributed by atoms with Gasteiger partial charge in [-0.2, -0.15) is 0 Å². The van der Waals surface area contributed by atoms with Crippen LogP contribution in [0.4, 0.5) is 4.79 Å². The second kappa shape index (κ2) is 9.04. The van der Waals surface area contributed by atoms with Gasteiger partial charge in [0.1, 0.15) is 5.60 Å². The summed E-state index contributed by atoms with van der Waals surface area (Å²) in [5.74, 6) is 0.654. The minimum atomic E-state index is -0.420. The molecule has 2 saturated heterocycles. The first-order valence-corrected chi connectivity index (χ1v) is 9.78. The molecular weight excluding hydrogens is 302 g/mol. The molecule has 2 heterocycles. The van der Waals surface area contributed by atoms with Crippen molar-refractivity contribution in [1.29, 1.82) is 0 Å². The van der Waals surface area contributed by atoms with Crippen molar-refractivity contribution >= 4 is 6.09 Å². The lowest BCUT2D eigenvalue weighted by molar-refractivity contribution is 0.00988. The van der Waals surface area contributed by atoms with Gasteiger partial charge in [-0.3, -0.25) is 0 Å². The summed E-state index contributed by atoms with van der Waals surface area (Å²) in [5, 5.41) is 3.60. The van der Waals surface area contributed by atoms with Crippen LogP contribution in [0.1, 0.15) is 59.8 Å². The number of hydrogen-bond donors (Lipinski definition) is 1. The molecule has 1 amide bonds. The number of nitrogens with zero attached hydrogens (tertiary/aromatic N) is 2. The van der Waals surface area contributed by atoms with Crippen LogP contribution in [0.25, 0.3) is 0 Å². The van der Waals surface area contributed by atoms with Gasteiger partial charge in [0.25, 0.3) is 0 Å². The molecule has 0 bridgehead atoms. The van der Waals surface area contributed by atoms with Crippen LogP contribution in [0.5, 0.6) is 0 Å². The van der Waals surface area contributed by atoms with Gasteiger partial charge in [0.05, 0.1) is 0 Å². The summed E-state index contributed by atoms with van der Waals surface area (Å²) in [7, 11) is 0. The van der Waals surface area contributed by atoms with Crippen molar-refractivity contribution in [3.63, 3.8) is 0 Å². The quantitative estimate of drug-likeness (QED) is 0.808. The molecule has 0 aromatic heterocycles. The first-order valence-electron chi connectivity index (χ1n) is 9.78. The van der Waals surface area contributed by atoms with Gasteiger partial charge in [-0.1, -0.05) is 6.92 Å². The molecule has 2 unspecified atom stereocenters. The number of nitrogens with one attached hydrogen (secondary N) is 1. The molecule has 1 N–H and O–H groups in total. The van der Waals surface area contributed by atoms with Crippen molar-refractivity contribution in [3.05, 3.63) is 0 Å². The molecule has 0 aromatic rings. The van der Waals surface area contributed by atoms with E-state index in [1.807, 2.05) is 25.7 Å². The van der Waals surface area contributed by atoms with Gasteiger partial charge in [-0.05, 0) is 78.4 Å². The zero-order valence-electron chi connectivity index (χ0n) is 16.1. The van der Waals surface area contributed by atoms with Crippen LogP contribution < -0.4 is 5.32 Å². The van der Waals surface area contributed by atoms with E-state index < -0.39 is 5.60 Å². The Bertz CT molecular complexity index is 389. The van der Waals surface area contributed by atoms with E-state index >= 15 is 0 Å². The Morgan fingerprint density at radius 1 is 1.17 bits per heavy atom. The summed E-state index contributed by atoms with van der Waals surface area (Å²) in [5.41, 5.74) is -0.420. The Labute approximate surface area is 148 Å². The number of piperidine rings is 1. The second-order valence-electron chi connectivity index (χ2n) is 8.59. The predicted molar refractivity (Wildman–Crippen MR) is 98.3 cm³/mol. The highest BCUT2D eigenvalue weighted by atomic mass is 16.6. The molecule has 2 rings (SSSR count). The predicted octanol–water partition coefficient (Wildman–Crippen LogP) is 3.10. The fraction of sp³-hybridized carbons (Fsp3) is 0.947. The van der Waals surface area contributed by atoms with Gasteiger partial charge >= 0.3 is 6.09 Å². The van der Waals surface area contributed by atoms with Crippen LogP contribution in [0, 0.1) is 5.92 Å². The summed E-state index contributed by atoms with van der Waals surface area (Å²) < 4.78 is 5.58. The lowest BCUT2D eigenvalue weighted by Crippen LogP contribution is -2.50. The monoisotopic (exact) mass is 339 g/mol. The number of carbonyl (C=O) groups is 1. The van der Waals surface area contributed by atoms with Crippen LogP contribution in [0.2, 0.25) is 0 Å². The van der Waals surface area contributed by atoms with Gasteiger partial charge in [0.15, 0.2) is 0 Å². The SMILES string of the molecule is CC(CNCC1CCCCN1C(=O)OC(C)(C)C)CN1CCCC1. The normalized spacial score (nSPS) is 24.2. The molecule has 0 aliphatic carbocycles. The molecule has 0 aromatic carbocycles. The lowest BCUT2D eigenvalue weighted by atomic mass is 10.0. The lowest BCUT2D eigenvalue weighted by Gasteiger charge is -2.37. The van der Waals surface area contributed by atoms with E-state index in [-0.39, 0.29) is 12.1 Å². The van der Waals surface area contributed by atoms with Crippen LogP contribution in [0.3, 0.4) is 0 Å². The van der Waals surface area contributed by atoms with Crippen molar-refractivity contribution in [3.8, 4) is 0 Å². The number of rotatable bonds is 6. The van der Waals surface area contributed by atoms with Gasteiger partial charge in [-0.25, -0.2) is 4.79 Å². The van der Waals surface area contributed by atoms with Crippen molar-refractivity contribution in [1.82, 2.24) is 15.1 Å². The van der Waals surface area contributed by atoms with Gasteiger partial charge in [0.2, 0.25) is 0 Å². The molecule has 2 aliphatic rings. The molecule has 0 spiro atoms. The van der Waals surface area contributed by atoms with E-state index in [9.17, 15) is 4.79 Å². The van der Waals surface area contributed by atoms with Crippen molar-refractivity contribution in [2.75, 3.05) is 39.3 Å². The highest BCUT2D eigenvalue weighted by molar-refractivity contribution is 5.68. The summed E-state index contributed by atoms with van der Waals surface area (Å²) in [4.78, 5) is 16.9. The summed E-state index contributed by atoms with van der Waals surface area (Å²) in [6.07, 6.45) is 5.92. The van der Waals surface area contributed by atoms with Crippen molar-refractivity contribution in [2.45, 2.75) is 71.4 Å². The fourth-order valence-corrected chi connectivity index (χ4v) is 3.74. The maximum absolute atomic E-state index is 12.4. The minimum Gasteiger partial charge on any atom is -0.444 e. The van der Waals surface area contributed by atoms with E-state index in [0.29, 0.717) is 5.92 Å². The van der Waals surface area contributed by atoms with E-state index in [1.165, 1.54) is 38.9 Å². The van der Waals surface area contributed by atoms with Crippen LogP contribution in [0.15, 0.2) is 0 Å². The molecule has 2 fully saturated rings. The Kier molecular flexibility index (Phi) is 7.35. The number of amides is 1. The molecule has 2 aliphatic heterocycles. The molecule has 2 atom stereocenters. The maximum atomic E-state index is 12.4. The zero-order chi connectivity index (χ0) is 17.6. The van der Waals surface area contributed by atoms with Crippen molar-refractivity contribution in [2.24, 2.45) is 5.92 Å². The number of ether oxygens (including phenoxy) is 1. The minimum absolute atomic E-state index is 0.154. The third-order valence-corrected chi connectivity index (χ3v) is 4.90. The van der Waals surface area contributed by atoms with Gasteiger partial charge < -0.3 is 19.9 Å². The fourth-order valence-electron chi connectivity index (χ4n) is 3.74. The first kappa shape index (κ1) is 19.5. The molecule has 24 heavy (non-hydrogen) atoms. The largest absolute Gasteiger partial charge is 0.444 e. The highest BCUT2D eigenvalue weighted by Crippen LogP contribution is 2.20. The maximum Gasteiger partial charge on any atom is 0.410 e. The Morgan fingerprint density at radius 2 is 1.83 bits per heavy atom. The molecule has 140 valence electrons. The smallest absolute Gasteiger partial charge is 0.410 e. The molecule has 0 saturated carbocycles. The zero-order valence-corrected chi connectivity index (χ0v) is 16.1. The summed E-state index contributed by atoms with van der Waals surface area (Å²) in [6, 6.07) is 0.271. The van der Waals surface area contributed by atoms with Gasteiger partial charge in [0, 0.05) is 25.7 Å². The Hall–Kier alpha value is -0.810.